The van der Waals surface area contributed by atoms with E-state index in [1.807, 2.05) is 48.5 Å². The summed E-state index contributed by atoms with van der Waals surface area (Å²) in [7, 11) is 0. The number of nitrogens with one attached hydrogen (secondary N) is 2. The second-order valence-corrected chi connectivity index (χ2v) is 9.92. The minimum absolute atomic E-state index is 0.0593. The Morgan fingerprint density at radius 2 is 1.88 bits per heavy atom. The third kappa shape index (κ3) is 4.38. The number of imide groups is 1. The molecule has 0 bridgehead atoms. The molecule has 1 aromatic carbocycles. The summed E-state index contributed by atoms with van der Waals surface area (Å²) < 4.78 is 0. The van der Waals surface area contributed by atoms with E-state index in [1.54, 1.807) is 6.20 Å². The van der Waals surface area contributed by atoms with Crippen molar-refractivity contribution in [2.75, 3.05) is 6.54 Å². The minimum Gasteiger partial charge on any atom is -0.342 e. The summed E-state index contributed by atoms with van der Waals surface area (Å²) in [5.41, 5.74) is 0.578. The van der Waals surface area contributed by atoms with Crippen molar-refractivity contribution in [2.24, 2.45) is 11.3 Å². The van der Waals surface area contributed by atoms with Gasteiger partial charge in [0.15, 0.2) is 0 Å². The van der Waals surface area contributed by atoms with Gasteiger partial charge in [0.25, 0.3) is 5.91 Å². The van der Waals surface area contributed by atoms with E-state index >= 15 is 0 Å². The highest BCUT2D eigenvalue weighted by atomic mass is 16.2. The molecule has 2 fully saturated rings. The molecule has 1 spiro atoms. The van der Waals surface area contributed by atoms with Crippen LogP contribution >= 0.6 is 0 Å². The first-order valence-corrected chi connectivity index (χ1v) is 11.1. The number of nitrogens with zero attached hydrogens (tertiary/aromatic N) is 2. The Bertz CT molecular complexity index is 969. The van der Waals surface area contributed by atoms with Gasteiger partial charge in [0.1, 0.15) is 12.1 Å². The zero-order valence-electron chi connectivity index (χ0n) is 18.8. The number of benzene rings is 1. The summed E-state index contributed by atoms with van der Waals surface area (Å²) in [5.74, 6) is -0.400. The van der Waals surface area contributed by atoms with Gasteiger partial charge in [-0.3, -0.25) is 19.5 Å². The van der Waals surface area contributed by atoms with E-state index < -0.39 is 23.5 Å². The van der Waals surface area contributed by atoms with Crippen molar-refractivity contribution >= 4 is 17.8 Å². The summed E-state index contributed by atoms with van der Waals surface area (Å²) in [6.07, 6.45) is 3.85. The molecule has 1 aliphatic heterocycles. The van der Waals surface area contributed by atoms with Crippen LogP contribution in [-0.4, -0.2) is 39.8 Å². The molecule has 1 saturated carbocycles. The Morgan fingerprint density at radius 1 is 1.16 bits per heavy atom. The van der Waals surface area contributed by atoms with Crippen LogP contribution in [0.3, 0.4) is 0 Å². The highest BCUT2D eigenvalue weighted by molar-refractivity contribution is 6.09. The lowest BCUT2D eigenvalue weighted by Crippen LogP contribution is -2.54. The molecule has 2 N–H and O–H groups in total. The van der Waals surface area contributed by atoms with Gasteiger partial charge >= 0.3 is 6.03 Å². The average Bonchev–Trinajstić information content (AvgIpc) is 2.95. The van der Waals surface area contributed by atoms with Crippen LogP contribution in [0.1, 0.15) is 57.3 Å². The van der Waals surface area contributed by atoms with Crippen molar-refractivity contribution in [3.63, 3.8) is 0 Å². The molecule has 3 unspecified atom stereocenters. The molecule has 1 aliphatic carbocycles. The maximum Gasteiger partial charge on any atom is 0.325 e. The highest BCUT2D eigenvalue weighted by Gasteiger charge is 2.56. The lowest BCUT2D eigenvalue weighted by Gasteiger charge is -2.43. The molecule has 4 amide bonds. The predicted molar refractivity (Wildman–Crippen MR) is 120 cm³/mol. The smallest absolute Gasteiger partial charge is 0.325 e. The first kappa shape index (κ1) is 22.0. The molecule has 4 rings (SSSR count). The number of carbonyl (C=O) groups excluding carboxylic acids is 3. The maximum absolute atomic E-state index is 13.3. The van der Waals surface area contributed by atoms with Crippen LogP contribution in [0, 0.1) is 11.3 Å². The quantitative estimate of drug-likeness (QED) is 0.706. The largest absolute Gasteiger partial charge is 0.342 e. The number of hydrogen-bond acceptors (Lipinski definition) is 4. The molecule has 0 radical (unpaired) electrons. The predicted octanol–water partition coefficient (Wildman–Crippen LogP) is 3.42. The first-order valence-electron chi connectivity index (χ1n) is 11.1. The Morgan fingerprint density at radius 3 is 2.53 bits per heavy atom. The minimum atomic E-state index is -0.918. The van der Waals surface area contributed by atoms with Gasteiger partial charge in [0.2, 0.25) is 5.91 Å². The number of rotatable bonds is 5. The molecule has 7 nitrogen and oxygen atoms in total. The van der Waals surface area contributed by atoms with E-state index in [0.29, 0.717) is 24.5 Å². The van der Waals surface area contributed by atoms with Gasteiger partial charge in [-0.15, -0.1) is 0 Å². The summed E-state index contributed by atoms with van der Waals surface area (Å²) in [5, 5.41) is 5.88. The first-order chi connectivity index (χ1) is 15.2. The summed E-state index contributed by atoms with van der Waals surface area (Å²) >= 11 is 0. The zero-order valence-corrected chi connectivity index (χ0v) is 18.8. The number of hydrogen-bond donors (Lipinski definition) is 2. The lowest BCUT2D eigenvalue weighted by molar-refractivity contribution is -0.137. The van der Waals surface area contributed by atoms with Crippen LogP contribution in [0.2, 0.25) is 0 Å². The average molecular weight is 435 g/mol. The number of pyridine rings is 1. The molecule has 3 atom stereocenters. The number of amides is 4. The highest BCUT2D eigenvalue weighted by Crippen LogP contribution is 2.46. The molecule has 2 aromatic rings. The standard InChI is InChI=1S/C25H30N4O3/c1-17-13-24(2,3)16-25(14-17)22(31)29(23(32)28-25)15-20(30)27-21(18-9-5-4-6-10-18)19-11-7-8-12-26-19/h4-12,17,21H,13-16H2,1-3H3,(H,27,30)(H,28,32). The number of aromatic nitrogens is 1. The van der Waals surface area contributed by atoms with Crippen molar-refractivity contribution < 1.29 is 14.4 Å². The zero-order chi connectivity index (χ0) is 22.9. The Hall–Kier alpha value is -3.22. The van der Waals surface area contributed by atoms with E-state index in [9.17, 15) is 14.4 Å². The van der Waals surface area contributed by atoms with Crippen LogP contribution in [0.15, 0.2) is 54.7 Å². The Labute approximate surface area is 188 Å². The molecule has 1 aromatic heterocycles. The van der Waals surface area contributed by atoms with E-state index in [1.165, 1.54) is 0 Å². The van der Waals surface area contributed by atoms with Gasteiger partial charge in [-0.05, 0) is 48.3 Å². The van der Waals surface area contributed by atoms with E-state index in [0.717, 1.165) is 16.9 Å². The van der Waals surface area contributed by atoms with Crippen molar-refractivity contribution in [1.29, 1.82) is 0 Å². The van der Waals surface area contributed by atoms with E-state index in [4.69, 9.17) is 0 Å². The van der Waals surface area contributed by atoms with Gasteiger partial charge in [0.05, 0.1) is 11.7 Å². The fourth-order valence-electron chi connectivity index (χ4n) is 5.52. The van der Waals surface area contributed by atoms with Gasteiger partial charge in [-0.1, -0.05) is 57.2 Å². The molecular formula is C25H30N4O3. The van der Waals surface area contributed by atoms with Gasteiger partial charge in [-0.2, -0.15) is 0 Å². The number of urea groups is 1. The fraction of sp³-hybridized carbons (Fsp3) is 0.440. The van der Waals surface area contributed by atoms with Gasteiger partial charge in [-0.25, -0.2) is 4.79 Å². The molecule has 2 heterocycles. The summed E-state index contributed by atoms with van der Waals surface area (Å²) in [4.78, 5) is 44.5. The SMILES string of the molecule is CC1CC(C)(C)CC2(C1)NC(=O)N(CC(=O)NC(c1ccccc1)c1ccccn1)C2=O. The van der Waals surface area contributed by atoms with Crippen LogP contribution in [0.4, 0.5) is 4.79 Å². The van der Waals surface area contributed by atoms with E-state index in [-0.39, 0.29) is 17.9 Å². The Kier molecular flexibility index (Phi) is 5.75. The second kappa shape index (κ2) is 8.37. The summed E-state index contributed by atoms with van der Waals surface area (Å²) in [6, 6.07) is 14.0. The molecule has 1 saturated heterocycles. The normalized spacial score (nSPS) is 25.5. The fourth-order valence-corrected chi connectivity index (χ4v) is 5.52. The molecule has 168 valence electrons. The van der Waals surface area contributed by atoms with Gasteiger partial charge in [0, 0.05) is 6.20 Å². The number of carbonyl (C=O) groups is 3. The topological polar surface area (TPSA) is 91.4 Å². The summed E-state index contributed by atoms with van der Waals surface area (Å²) in [6.45, 7) is 6.03. The van der Waals surface area contributed by atoms with Crippen LogP contribution in [-0.2, 0) is 9.59 Å². The third-order valence-electron chi connectivity index (χ3n) is 6.35. The maximum atomic E-state index is 13.3. The second-order valence-electron chi connectivity index (χ2n) is 9.92. The lowest BCUT2D eigenvalue weighted by atomic mass is 9.64. The van der Waals surface area contributed by atoms with Crippen molar-refractivity contribution in [3.8, 4) is 0 Å². The van der Waals surface area contributed by atoms with Crippen LogP contribution in [0.25, 0.3) is 0 Å². The molecular weight excluding hydrogens is 404 g/mol. The van der Waals surface area contributed by atoms with Crippen molar-refractivity contribution in [1.82, 2.24) is 20.5 Å². The molecule has 32 heavy (non-hydrogen) atoms. The van der Waals surface area contributed by atoms with Crippen LogP contribution in [0.5, 0.6) is 0 Å². The Balaban J connectivity index is 1.52. The van der Waals surface area contributed by atoms with Gasteiger partial charge < -0.3 is 10.6 Å². The molecule has 7 heteroatoms. The third-order valence-corrected chi connectivity index (χ3v) is 6.35. The molecule has 2 aliphatic rings. The van der Waals surface area contributed by atoms with Crippen LogP contribution < -0.4 is 10.6 Å². The van der Waals surface area contributed by atoms with Crippen molar-refractivity contribution in [2.45, 2.75) is 51.6 Å². The monoisotopic (exact) mass is 434 g/mol. The van der Waals surface area contributed by atoms with Crippen molar-refractivity contribution in [3.05, 3.63) is 66.0 Å². The van der Waals surface area contributed by atoms with E-state index in [2.05, 4.69) is 36.4 Å².